The van der Waals surface area contributed by atoms with Gasteiger partial charge in [0.2, 0.25) is 0 Å². The van der Waals surface area contributed by atoms with E-state index in [1.807, 2.05) is 6.92 Å². The summed E-state index contributed by atoms with van der Waals surface area (Å²) in [6, 6.07) is 5.14. The molecule has 1 aliphatic heterocycles. The maximum absolute atomic E-state index is 11.9. The molecule has 0 spiro atoms. The molecule has 1 amide bonds. The Morgan fingerprint density at radius 2 is 2.32 bits per heavy atom. The lowest BCUT2D eigenvalue weighted by molar-refractivity contribution is -0.121. The maximum Gasteiger partial charge on any atom is 0.265 e. The van der Waals surface area contributed by atoms with Gasteiger partial charge in [0.05, 0.1) is 5.69 Å². The number of carbonyl (C=O) groups excluding carboxylic acids is 2. The van der Waals surface area contributed by atoms with Crippen LogP contribution in [-0.4, -0.2) is 24.8 Å². The number of ketones is 1. The van der Waals surface area contributed by atoms with Gasteiger partial charge in [-0.2, -0.15) is 0 Å². The van der Waals surface area contributed by atoms with Crippen molar-refractivity contribution in [2.75, 3.05) is 18.1 Å². The Labute approximate surface area is 112 Å². The van der Waals surface area contributed by atoms with E-state index in [1.165, 1.54) is 0 Å². The highest BCUT2D eigenvalue weighted by atomic mass is 16.5. The van der Waals surface area contributed by atoms with Gasteiger partial charge in [-0.25, -0.2) is 0 Å². The smallest absolute Gasteiger partial charge is 0.265 e. The lowest BCUT2D eigenvalue weighted by Gasteiger charge is -2.28. The third kappa shape index (κ3) is 2.60. The number of Topliss-reactive ketones (excluding diaryl/α,β-unsaturated/α-hetero) is 1. The van der Waals surface area contributed by atoms with Crippen molar-refractivity contribution in [3.63, 3.8) is 0 Å². The van der Waals surface area contributed by atoms with E-state index >= 15 is 0 Å². The molecule has 0 saturated heterocycles. The minimum absolute atomic E-state index is 0.0187. The molecule has 4 nitrogen and oxygen atoms in total. The first-order chi connectivity index (χ1) is 9.17. The summed E-state index contributed by atoms with van der Waals surface area (Å²) in [5.41, 5.74) is 1.22. The van der Waals surface area contributed by atoms with Crippen LogP contribution in [0.5, 0.6) is 5.75 Å². The fourth-order valence-corrected chi connectivity index (χ4v) is 2.05. The van der Waals surface area contributed by atoms with Gasteiger partial charge in [-0.3, -0.25) is 9.59 Å². The van der Waals surface area contributed by atoms with Gasteiger partial charge in [0.1, 0.15) is 5.75 Å². The van der Waals surface area contributed by atoms with Crippen LogP contribution in [0.15, 0.2) is 18.2 Å². The van der Waals surface area contributed by atoms with Crippen molar-refractivity contribution in [3.8, 4) is 18.1 Å². The number of benzene rings is 1. The van der Waals surface area contributed by atoms with E-state index in [9.17, 15) is 9.59 Å². The molecule has 1 aliphatic rings. The Morgan fingerprint density at radius 3 is 3.00 bits per heavy atom. The van der Waals surface area contributed by atoms with Crippen molar-refractivity contribution in [2.45, 2.75) is 19.8 Å². The van der Waals surface area contributed by atoms with Crippen LogP contribution in [0.25, 0.3) is 0 Å². The zero-order chi connectivity index (χ0) is 13.8. The van der Waals surface area contributed by atoms with Gasteiger partial charge >= 0.3 is 0 Å². The van der Waals surface area contributed by atoms with Crippen molar-refractivity contribution in [3.05, 3.63) is 23.8 Å². The zero-order valence-corrected chi connectivity index (χ0v) is 10.8. The number of hydrogen-bond donors (Lipinski definition) is 0. The molecule has 1 aromatic carbocycles. The van der Waals surface area contributed by atoms with Crippen LogP contribution in [0.4, 0.5) is 5.69 Å². The van der Waals surface area contributed by atoms with Gasteiger partial charge in [-0.05, 0) is 25.1 Å². The number of ether oxygens (including phenoxy) is 1. The van der Waals surface area contributed by atoms with E-state index in [0.717, 1.165) is 0 Å². The Balaban J connectivity index is 2.32. The number of anilines is 1. The lowest BCUT2D eigenvalue weighted by Crippen LogP contribution is -2.38. The van der Waals surface area contributed by atoms with Gasteiger partial charge < -0.3 is 9.64 Å². The van der Waals surface area contributed by atoms with E-state index in [4.69, 9.17) is 11.2 Å². The molecule has 0 aliphatic carbocycles. The second-order valence-electron chi connectivity index (χ2n) is 4.24. The predicted octanol–water partition coefficient (Wildman–Crippen LogP) is 2.03. The highest BCUT2D eigenvalue weighted by Crippen LogP contribution is 2.33. The molecule has 0 fully saturated rings. The standard InChI is InChI=1S/C15H15NO3/c1-3-5-6-13(17)11-7-8-14-12(9-11)16(4-2)15(18)10-19-14/h1,7-9H,4-6,10H2,2H3. The van der Waals surface area contributed by atoms with E-state index < -0.39 is 0 Å². The fourth-order valence-electron chi connectivity index (χ4n) is 2.05. The molecule has 0 bridgehead atoms. The highest BCUT2D eigenvalue weighted by molar-refractivity contribution is 6.01. The summed E-state index contributed by atoms with van der Waals surface area (Å²) in [7, 11) is 0. The minimum Gasteiger partial charge on any atom is -0.482 e. The summed E-state index contributed by atoms with van der Waals surface area (Å²) < 4.78 is 5.35. The monoisotopic (exact) mass is 257 g/mol. The van der Waals surface area contributed by atoms with Crippen LogP contribution in [0.1, 0.15) is 30.1 Å². The molecule has 4 heteroatoms. The van der Waals surface area contributed by atoms with E-state index in [1.54, 1.807) is 23.1 Å². The first-order valence-electron chi connectivity index (χ1n) is 6.21. The van der Waals surface area contributed by atoms with Gasteiger partial charge in [0.25, 0.3) is 5.91 Å². The summed E-state index contributed by atoms with van der Waals surface area (Å²) in [5, 5.41) is 0. The molecule has 0 saturated carbocycles. The molecule has 0 atom stereocenters. The van der Waals surface area contributed by atoms with Gasteiger partial charge in [0.15, 0.2) is 12.4 Å². The molecule has 19 heavy (non-hydrogen) atoms. The quantitative estimate of drug-likeness (QED) is 0.612. The number of amides is 1. The number of fused-ring (bicyclic) bond motifs is 1. The SMILES string of the molecule is C#CCCC(=O)c1ccc2c(c1)N(CC)C(=O)CO2. The second-order valence-corrected chi connectivity index (χ2v) is 4.24. The topological polar surface area (TPSA) is 46.6 Å². The Morgan fingerprint density at radius 1 is 1.53 bits per heavy atom. The number of hydrogen-bond acceptors (Lipinski definition) is 3. The first kappa shape index (κ1) is 13.2. The number of carbonyl (C=O) groups is 2. The third-order valence-corrected chi connectivity index (χ3v) is 3.04. The summed E-state index contributed by atoms with van der Waals surface area (Å²) >= 11 is 0. The number of terminal acetylenes is 1. The van der Waals surface area contributed by atoms with E-state index in [-0.39, 0.29) is 18.3 Å². The summed E-state index contributed by atoms with van der Waals surface area (Å²) in [6.07, 6.45) is 5.89. The molecule has 1 heterocycles. The average molecular weight is 257 g/mol. The zero-order valence-electron chi connectivity index (χ0n) is 10.8. The normalized spacial score (nSPS) is 13.5. The van der Waals surface area contributed by atoms with Gasteiger partial charge in [-0.15, -0.1) is 12.3 Å². The van der Waals surface area contributed by atoms with Crippen molar-refractivity contribution < 1.29 is 14.3 Å². The van der Waals surface area contributed by atoms with Crippen LogP contribution < -0.4 is 9.64 Å². The Kier molecular flexibility index (Phi) is 3.86. The van der Waals surface area contributed by atoms with E-state index in [2.05, 4.69) is 5.92 Å². The molecule has 98 valence electrons. The van der Waals surface area contributed by atoms with Crippen LogP contribution in [0, 0.1) is 12.3 Å². The summed E-state index contributed by atoms with van der Waals surface area (Å²) in [4.78, 5) is 25.3. The van der Waals surface area contributed by atoms with Crippen molar-refractivity contribution in [1.29, 1.82) is 0 Å². The molecule has 1 aromatic rings. The minimum atomic E-state index is -0.0942. The molecule has 0 aromatic heterocycles. The predicted molar refractivity (Wildman–Crippen MR) is 72.4 cm³/mol. The van der Waals surface area contributed by atoms with Crippen molar-refractivity contribution in [2.24, 2.45) is 0 Å². The van der Waals surface area contributed by atoms with Gasteiger partial charge in [0, 0.05) is 24.9 Å². The largest absolute Gasteiger partial charge is 0.482 e. The number of nitrogens with zero attached hydrogens (tertiary/aromatic N) is 1. The highest BCUT2D eigenvalue weighted by Gasteiger charge is 2.25. The molecular weight excluding hydrogens is 242 g/mol. The van der Waals surface area contributed by atoms with Crippen molar-refractivity contribution >= 4 is 17.4 Å². The maximum atomic E-state index is 11.9. The van der Waals surface area contributed by atoms with E-state index in [0.29, 0.717) is 36.4 Å². The third-order valence-electron chi connectivity index (χ3n) is 3.04. The van der Waals surface area contributed by atoms with Crippen LogP contribution in [-0.2, 0) is 4.79 Å². The molecular formula is C15H15NO3. The molecule has 0 unspecified atom stereocenters. The molecule has 2 rings (SSSR count). The van der Waals surface area contributed by atoms with Gasteiger partial charge in [-0.1, -0.05) is 0 Å². The first-order valence-corrected chi connectivity index (χ1v) is 6.21. The molecule has 0 radical (unpaired) electrons. The second kappa shape index (κ2) is 5.57. The Bertz CT molecular complexity index is 557. The number of rotatable bonds is 4. The van der Waals surface area contributed by atoms with Crippen LogP contribution in [0.2, 0.25) is 0 Å². The average Bonchev–Trinajstić information content (AvgIpc) is 2.44. The Hall–Kier alpha value is -2.28. The number of likely N-dealkylation sites (N-methyl/N-ethyl adjacent to an activating group) is 1. The van der Waals surface area contributed by atoms with Crippen LogP contribution >= 0.6 is 0 Å². The summed E-state index contributed by atoms with van der Waals surface area (Å²) in [6.45, 7) is 2.49. The summed E-state index contributed by atoms with van der Waals surface area (Å²) in [5.74, 6) is 2.97. The van der Waals surface area contributed by atoms with Crippen LogP contribution in [0.3, 0.4) is 0 Å². The van der Waals surface area contributed by atoms with Crippen molar-refractivity contribution in [1.82, 2.24) is 0 Å². The fraction of sp³-hybridized carbons (Fsp3) is 0.333. The lowest BCUT2D eigenvalue weighted by atomic mass is 10.0. The molecule has 0 N–H and O–H groups in total.